The lowest BCUT2D eigenvalue weighted by molar-refractivity contribution is 0.0562. The van der Waals surface area contributed by atoms with E-state index in [1.807, 2.05) is 0 Å². The van der Waals surface area contributed by atoms with Crippen molar-refractivity contribution >= 4 is 15.9 Å². The molecule has 2 rings (SSSR count). The molecular weight excluding hydrogens is 240 g/mol. The van der Waals surface area contributed by atoms with Gasteiger partial charge in [-0.05, 0) is 29.9 Å². The minimum Gasteiger partial charge on any atom is -0.381 e. The second-order valence-corrected chi connectivity index (χ2v) is 5.01. The first-order valence-corrected chi connectivity index (χ1v) is 5.84. The summed E-state index contributed by atoms with van der Waals surface area (Å²) in [7, 11) is 0. The fourth-order valence-corrected chi connectivity index (χ4v) is 2.81. The molecule has 0 radical (unpaired) electrons. The Labute approximate surface area is 93.6 Å². The van der Waals surface area contributed by atoms with Crippen LogP contribution >= 0.6 is 15.9 Å². The normalized spacial score (nSPS) is 20.7. The van der Waals surface area contributed by atoms with Gasteiger partial charge < -0.3 is 4.74 Å². The lowest BCUT2D eigenvalue weighted by Crippen LogP contribution is -2.30. The van der Waals surface area contributed by atoms with Gasteiger partial charge in [0.1, 0.15) is 0 Å². The molecule has 0 N–H and O–H groups in total. The highest BCUT2D eigenvalue weighted by Gasteiger charge is 2.30. The second-order valence-electron chi connectivity index (χ2n) is 4.15. The van der Waals surface area contributed by atoms with Gasteiger partial charge in [-0.2, -0.15) is 0 Å². The van der Waals surface area contributed by atoms with Crippen LogP contribution in [0.5, 0.6) is 0 Å². The van der Waals surface area contributed by atoms with Gasteiger partial charge in [-0.15, -0.1) is 0 Å². The first kappa shape index (κ1) is 10.2. The molecule has 1 aliphatic rings. The first-order valence-electron chi connectivity index (χ1n) is 5.05. The molecule has 14 heavy (non-hydrogen) atoms. The van der Waals surface area contributed by atoms with Gasteiger partial charge in [-0.3, -0.25) is 0 Å². The maximum atomic E-state index is 5.41. The predicted octanol–water partition coefficient (Wildman–Crippen LogP) is 3.52. The van der Waals surface area contributed by atoms with E-state index in [4.69, 9.17) is 4.74 Å². The van der Waals surface area contributed by atoms with Crippen LogP contribution in [0.15, 0.2) is 28.7 Å². The Bertz CT molecular complexity index is 316. The molecule has 1 fully saturated rings. The molecule has 1 nitrogen and oxygen atoms in total. The highest BCUT2D eigenvalue weighted by molar-refractivity contribution is 9.10. The van der Waals surface area contributed by atoms with Crippen molar-refractivity contribution in [2.75, 3.05) is 13.2 Å². The van der Waals surface area contributed by atoms with Crippen LogP contribution in [-0.2, 0) is 10.2 Å². The standard InChI is InChI=1S/C12H15BrO/c1-12(6-8-14-9-7-12)10-4-2-3-5-11(10)13/h2-5H,6-9H2,1H3. The smallest absolute Gasteiger partial charge is 0.0474 e. The summed E-state index contributed by atoms with van der Waals surface area (Å²) in [6.45, 7) is 4.10. The van der Waals surface area contributed by atoms with Gasteiger partial charge >= 0.3 is 0 Å². The summed E-state index contributed by atoms with van der Waals surface area (Å²) in [6, 6.07) is 8.52. The Morgan fingerprint density at radius 2 is 1.86 bits per heavy atom. The predicted molar refractivity (Wildman–Crippen MR) is 61.5 cm³/mol. The summed E-state index contributed by atoms with van der Waals surface area (Å²) in [6.07, 6.45) is 2.24. The van der Waals surface area contributed by atoms with Gasteiger partial charge in [-0.1, -0.05) is 41.1 Å². The number of ether oxygens (including phenoxy) is 1. The Morgan fingerprint density at radius 1 is 1.21 bits per heavy atom. The third kappa shape index (κ3) is 1.86. The van der Waals surface area contributed by atoms with Crippen LogP contribution in [0.3, 0.4) is 0 Å². The van der Waals surface area contributed by atoms with Crippen molar-refractivity contribution in [3.63, 3.8) is 0 Å². The quantitative estimate of drug-likeness (QED) is 0.746. The van der Waals surface area contributed by atoms with Crippen molar-refractivity contribution in [2.24, 2.45) is 0 Å². The number of hydrogen-bond acceptors (Lipinski definition) is 1. The highest BCUT2D eigenvalue weighted by atomic mass is 79.9. The molecule has 0 bridgehead atoms. The fraction of sp³-hybridized carbons (Fsp3) is 0.500. The van der Waals surface area contributed by atoms with E-state index in [1.165, 1.54) is 10.0 Å². The maximum absolute atomic E-state index is 5.41. The average Bonchev–Trinajstić information content (AvgIpc) is 2.19. The Hall–Kier alpha value is -0.340. The molecule has 0 spiro atoms. The van der Waals surface area contributed by atoms with Crippen molar-refractivity contribution in [1.29, 1.82) is 0 Å². The van der Waals surface area contributed by atoms with Crippen LogP contribution in [0.4, 0.5) is 0 Å². The fourth-order valence-electron chi connectivity index (χ4n) is 2.04. The van der Waals surface area contributed by atoms with Crippen LogP contribution in [-0.4, -0.2) is 13.2 Å². The molecule has 0 saturated carbocycles. The number of rotatable bonds is 1. The van der Waals surface area contributed by atoms with Gasteiger partial charge in [0.25, 0.3) is 0 Å². The summed E-state index contributed by atoms with van der Waals surface area (Å²) in [5.41, 5.74) is 1.71. The summed E-state index contributed by atoms with van der Waals surface area (Å²) < 4.78 is 6.64. The Kier molecular flexibility index (Phi) is 2.93. The number of benzene rings is 1. The third-order valence-electron chi connectivity index (χ3n) is 3.12. The summed E-state index contributed by atoms with van der Waals surface area (Å²) >= 11 is 3.63. The first-order chi connectivity index (χ1) is 6.72. The van der Waals surface area contributed by atoms with Gasteiger partial charge in [0, 0.05) is 17.7 Å². The Morgan fingerprint density at radius 3 is 2.50 bits per heavy atom. The number of halogens is 1. The minimum atomic E-state index is 0.290. The molecule has 0 aliphatic carbocycles. The molecule has 0 aromatic heterocycles. The number of hydrogen-bond donors (Lipinski definition) is 0. The van der Waals surface area contributed by atoms with Crippen molar-refractivity contribution in [3.05, 3.63) is 34.3 Å². The maximum Gasteiger partial charge on any atom is 0.0474 e. The van der Waals surface area contributed by atoms with E-state index in [0.29, 0.717) is 5.41 Å². The van der Waals surface area contributed by atoms with Crippen LogP contribution in [0.25, 0.3) is 0 Å². The van der Waals surface area contributed by atoms with E-state index in [0.717, 1.165) is 26.1 Å². The molecule has 1 aliphatic heterocycles. The van der Waals surface area contributed by atoms with Crippen molar-refractivity contribution in [1.82, 2.24) is 0 Å². The van der Waals surface area contributed by atoms with Crippen molar-refractivity contribution in [2.45, 2.75) is 25.2 Å². The minimum absolute atomic E-state index is 0.290. The molecule has 0 unspecified atom stereocenters. The molecule has 1 aromatic carbocycles. The van der Waals surface area contributed by atoms with Gasteiger partial charge in [-0.25, -0.2) is 0 Å². The molecule has 1 saturated heterocycles. The van der Waals surface area contributed by atoms with E-state index in [9.17, 15) is 0 Å². The summed E-state index contributed by atoms with van der Waals surface area (Å²) in [5.74, 6) is 0. The van der Waals surface area contributed by atoms with E-state index >= 15 is 0 Å². The van der Waals surface area contributed by atoms with Crippen LogP contribution < -0.4 is 0 Å². The average molecular weight is 255 g/mol. The van der Waals surface area contributed by atoms with Crippen LogP contribution in [0, 0.1) is 0 Å². The largest absolute Gasteiger partial charge is 0.381 e. The molecule has 2 heteroatoms. The van der Waals surface area contributed by atoms with Crippen LogP contribution in [0.2, 0.25) is 0 Å². The van der Waals surface area contributed by atoms with Crippen molar-refractivity contribution < 1.29 is 4.74 Å². The molecule has 0 atom stereocenters. The molecule has 76 valence electrons. The zero-order chi connectivity index (χ0) is 10.0. The Balaban J connectivity index is 2.32. The van der Waals surface area contributed by atoms with Crippen LogP contribution in [0.1, 0.15) is 25.3 Å². The van der Waals surface area contributed by atoms with E-state index in [-0.39, 0.29) is 0 Å². The summed E-state index contributed by atoms with van der Waals surface area (Å²) in [4.78, 5) is 0. The SMILES string of the molecule is CC1(c2ccccc2Br)CCOCC1. The molecule has 1 heterocycles. The van der Waals surface area contributed by atoms with E-state index in [1.54, 1.807) is 0 Å². The monoisotopic (exact) mass is 254 g/mol. The van der Waals surface area contributed by atoms with Gasteiger partial charge in [0.2, 0.25) is 0 Å². The summed E-state index contributed by atoms with van der Waals surface area (Å²) in [5, 5.41) is 0. The second kappa shape index (κ2) is 4.03. The zero-order valence-corrected chi connectivity index (χ0v) is 10.0. The lowest BCUT2D eigenvalue weighted by atomic mass is 9.76. The lowest BCUT2D eigenvalue weighted by Gasteiger charge is -2.34. The van der Waals surface area contributed by atoms with Gasteiger partial charge in [0.15, 0.2) is 0 Å². The van der Waals surface area contributed by atoms with Gasteiger partial charge in [0.05, 0.1) is 0 Å². The topological polar surface area (TPSA) is 9.23 Å². The molecular formula is C12H15BrO. The highest BCUT2D eigenvalue weighted by Crippen LogP contribution is 2.37. The third-order valence-corrected chi connectivity index (χ3v) is 3.81. The van der Waals surface area contributed by atoms with E-state index in [2.05, 4.69) is 47.1 Å². The molecule has 0 amide bonds. The molecule has 1 aromatic rings. The van der Waals surface area contributed by atoms with E-state index < -0.39 is 0 Å². The van der Waals surface area contributed by atoms with Crippen molar-refractivity contribution in [3.8, 4) is 0 Å². The zero-order valence-electron chi connectivity index (χ0n) is 8.42.